The summed E-state index contributed by atoms with van der Waals surface area (Å²) in [5.41, 5.74) is 0. The van der Waals surface area contributed by atoms with Crippen molar-refractivity contribution in [3.8, 4) is 0 Å². The first kappa shape index (κ1) is 18.9. The zero-order valence-corrected chi connectivity index (χ0v) is 11.9. The van der Waals surface area contributed by atoms with Gasteiger partial charge < -0.3 is 55.4 Å². The first-order valence-electron chi connectivity index (χ1n) is 7.07. The van der Waals surface area contributed by atoms with Crippen molar-refractivity contribution in [2.45, 2.75) is 67.3 Å². The van der Waals surface area contributed by atoms with Crippen molar-refractivity contribution in [2.24, 2.45) is 0 Å². The Labute approximate surface area is 130 Å². The van der Waals surface area contributed by atoms with E-state index in [1.54, 1.807) is 0 Å². The maximum Gasteiger partial charge on any atom is 0.187 e. The molecule has 11 heteroatoms. The molecule has 136 valence electrons. The van der Waals surface area contributed by atoms with Crippen molar-refractivity contribution in [1.29, 1.82) is 0 Å². The van der Waals surface area contributed by atoms with Gasteiger partial charge in [-0.1, -0.05) is 0 Å². The first-order valence-corrected chi connectivity index (χ1v) is 7.07. The molecule has 2 fully saturated rings. The summed E-state index contributed by atoms with van der Waals surface area (Å²) in [6.45, 7) is -0.704. The van der Waals surface area contributed by atoms with Gasteiger partial charge in [0.1, 0.15) is 61.0 Å². The van der Waals surface area contributed by atoms with Crippen molar-refractivity contribution < 1.29 is 55.4 Å². The summed E-state index contributed by atoms with van der Waals surface area (Å²) < 4.78 is 10.2. The van der Waals surface area contributed by atoms with Crippen LogP contribution in [0, 0.1) is 0 Å². The molecule has 0 aromatic heterocycles. The third-order valence-corrected chi connectivity index (χ3v) is 4.21. The quantitative estimate of drug-likeness (QED) is 0.236. The molecule has 1 aliphatic carbocycles. The molecule has 1 saturated carbocycles. The minimum absolute atomic E-state index is 0.704. The lowest BCUT2D eigenvalue weighted by molar-refractivity contribution is -0.339. The van der Waals surface area contributed by atoms with Gasteiger partial charge in [0, 0.05) is 0 Å². The van der Waals surface area contributed by atoms with Crippen LogP contribution in [0.3, 0.4) is 0 Å². The van der Waals surface area contributed by atoms with E-state index in [2.05, 4.69) is 0 Å². The number of aliphatic hydroxyl groups excluding tert-OH is 9. The molecule has 2 unspecified atom stereocenters. The molecule has 23 heavy (non-hydrogen) atoms. The van der Waals surface area contributed by atoms with Gasteiger partial charge in [0.2, 0.25) is 0 Å². The molecule has 2 rings (SSSR count). The fourth-order valence-corrected chi connectivity index (χ4v) is 2.69. The minimum Gasteiger partial charge on any atom is -0.394 e. The van der Waals surface area contributed by atoms with Crippen molar-refractivity contribution in [3.63, 3.8) is 0 Å². The lowest BCUT2D eigenvalue weighted by atomic mass is 9.84. The zero-order chi connectivity index (χ0) is 17.5. The van der Waals surface area contributed by atoms with Gasteiger partial charge in [0.05, 0.1) is 6.61 Å². The first-order chi connectivity index (χ1) is 10.7. The Kier molecular flexibility index (Phi) is 5.92. The Morgan fingerprint density at radius 3 is 1.52 bits per heavy atom. The number of hydrogen-bond acceptors (Lipinski definition) is 11. The van der Waals surface area contributed by atoms with E-state index in [4.69, 9.17) is 14.6 Å². The monoisotopic (exact) mass is 342 g/mol. The SMILES string of the molecule is OC[C@@H]1O[C@@H](OC2[C@@H](O)[C@H](O)C(O)[C@H](O)[C@@H]2O)[C@@H](O)[C@H](O)[C@@H]1O. The molecule has 0 bridgehead atoms. The molecule has 9 N–H and O–H groups in total. The summed E-state index contributed by atoms with van der Waals surface area (Å²) in [4.78, 5) is 0. The van der Waals surface area contributed by atoms with Crippen molar-refractivity contribution in [1.82, 2.24) is 0 Å². The van der Waals surface area contributed by atoms with E-state index in [1.165, 1.54) is 0 Å². The Hall–Kier alpha value is -0.440. The lowest BCUT2D eigenvalue weighted by Crippen LogP contribution is -2.67. The predicted molar refractivity (Wildman–Crippen MR) is 68.7 cm³/mol. The second-order valence-electron chi connectivity index (χ2n) is 5.75. The van der Waals surface area contributed by atoms with Crippen LogP contribution in [0.25, 0.3) is 0 Å². The Morgan fingerprint density at radius 2 is 1.04 bits per heavy atom. The van der Waals surface area contributed by atoms with E-state index in [0.717, 1.165) is 0 Å². The molecule has 0 radical (unpaired) electrons. The summed E-state index contributed by atoms with van der Waals surface area (Å²) in [6.07, 6.45) is -18.9. The van der Waals surface area contributed by atoms with Gasteiger partial charge in [-0.2, -0.15) is 0 Å². The standard InChI is InChI=1S/C12H22O11/c13-1-2-3(14)4(15)10(21)12(22-2)23-11-8(19)6(17)5(16)7(18)9(11)20/h2-21H,1H2/t2-,3+,4+,5?,6-,7+,8-,9-,10-,11?,12-/m0/s1. The smallest absolute Gasteiger partial charge is 0.187 e. The topological polar surface area (TPSA) is 201 Å². The molecule has 1 aliphatic heterocycles. The second-order valence-corrected chi connectivity index (χ2v) is 5.75. The summed E-state index contributed by atoms with van der Waals surface area (Å²) >= 11 is 0. The largest absolute Gasteiger partial charge is 0.394 e. The van der Waals surface area contributed by atoms with Gasteiger partial charge in [0.25, 0.3) is 0 Å². The van der Waals surface area contributed by atoms with Gasteiger partial charge in [-0.25, -0.2) is 0 Å². The van der Waals surface area contributed by atoms with Crippen LogP contribution in [-0.4, -0.2) is 120 Å². The number of aliphatic hydroxyl groups is 9. The highest BCUT2D eigenvalue weighted by Crippen LogP contribution is 2.29. The van der Waals surface area contributed by atoms with Crippen LogP contribution in [-0.2, 0) is 9.47 Å². The number of hydrogen-bond donors (Lipinski definition) is 9. The van der Waals surface area contributed by atoms with Crippen molar-refractivity contribution in [2.75, 3.05) is 6.61 Å². The van der Waals surface area contributed by atoms with Gasteiger partial charge in [-0.3, -0.25) is 0 Å². The average Bonchev–Trinajstić information content (AvgIpc) is 2.54. The van der Waals surface area contributed by atoms with Gasteiger partial charge in [0.15, 0.2) is 6.29 Å². The summed E-state index contributed by atoms with van der Waals surface area (Å²) in [5, 5.41) is 86.6. The Balaban J connectivity index is 2.13. The minimum atomic E-state index is -1.83. The lowest BCUT2D eigenvalue weighted by Gasteiger charge is -2.45. The molecule has 2 aliphatic rings. The van der Waals surface area contributed by atoms with Crippen molar-refractivity contribution >= 4 is 0 Å². The summed E-state index contributed by atoms with van der Waals surface area (Å²) in [7, 11) is 0. The Morgan fingerprint density at radius 1 is 0.609 bits per heavy atom. The van der Waals surface area contributed by atoms with Gasteiger partial charge in [-0.15, -0.1) is 0 Å². The van der Waals surface area contributed by atoms with E-state index in [1.807, 2.05) is 0 Å². The second kappa shape index (κ2) is 7.21. The van der Waals surface area contributed by atoms with Crippen LogP contribution < -0.4 is 0 Å². The highest BCUT2D eigenvalue weighted by molar-refractivity contribution is 5.00. The zero-order valence-electron chi connectivity index (χ0n) is 11.9. The molecular weight excluding hydrogens is 320 g/mol. The van der Waals surface area contributed by atoms with E-state index >= 15 is 0 Å². The normalized spacial score (nSPS) is 54.9. The molecule has 11 nitrogen and oxygen atoms in total. The molecule has 0 amide bonds. The molecule has 0 spiro atoms. The fraction of sp³-hybridized carbons (Fsp3) is 1.00. The van der Waals surface area contributed by atoms with E-state index < -0.39 is 73.9 Å². The summed E-state index contributed by atoms with van der Waals surface area (Å²) in [6, 6.07) is 0. The van der Waals surface area contributed by atoms with Crippen LogP contribution >= 0.6 is 0 Å². The molecule has 1 heterocycles. The van der Waals surface area contributed by atoms with E-state index in [-0.39, 0.29) is 0 Å². The highest BCUT2D eigenvalue weighted by atomic mass is 16.7. The molecule has 0 aromatic carbocycles. The van der Waals surface area contributed by atoms with Gasteiger partial charge in [-0.05, 0) is 0 Å². The summed E-state index contributed by atoms with van der Waals surface area (Å²) in [5.74, 6) is 0. The third kappa shape index (κ3) is 3.36. The van der Waals surface area contributed by atoms with Gasteiger partial charge >= 0.3 is 0 Å². The van der Waals surface area contributed by atoms with E-state index in [0.29, 0.717) is 0 Å². The van der Waals surface area contributed by atoms with Crippen LogP contribution in [0.2, 0.25) is 0 Å². The maximum absolute atomic E-state index is 9.85. The van der Waals surface area contributed by atoms with Crippen molar-refractivity contribution in [3.05, 3.63) is 0 Å². The van der Waals surface area contributed by atoms with Crippen LogP contribution in [0.4, 0.5) is 0 Å². The number of rotatable bonds is 3. The molecule has 0 aromatic rings. The Bertz CT molecular complexity index is 377. The van der Waals surface area contributed by atoms with Crippen LogP contribution in [0.5, 0.6) is 0 Å². The predicted octanol–water partition coefficient (Wildman–Crippen LogP) is -6.01. The van der Waals surface area contributed by atoms with E-state index in [9.17, 15) is 40.9 Å². The maximum atomic E-state index is 9.85. The number of ether oxygens (including phenoxy) is 2. The fourth-order valence-electron chi connectivity index (χ4n) is 2.69. The van der Waals surface area contributed by atoms with Crippen LogP contribution in [0.15, 0.2) is 0 Å². The molecule has 1 saturated heterocycles. The molecule has 11 atom stereocenters. The molecular formula is C12H22O11. The third-order valence-electron chi connectivity index (χ3n) is 4.21. The average molecular weight is 342 g/mol. The highest BCUT2D eigenvalue weighted by Gasteiger charge is 2.52. The van der Waals surface area contributed by atoms with Crippen LogP contribution in [0.1, 0.15) is 0 Å².